The molecule has 0 saturated heterocycles. The maximum Gasteiger partial charge on any atom is -0.0134 e. The molecule has 0 aromatic carbocycles. The highest BCUT2D eigenvalue weighted by Crippen LogP contribution is 2.50. The van der Waals surface area contributed by atoms with Crippen LogP contribution in [-0.4, -0.2) is 0 Å². The maximum atomic E-state index is 4.06. The largest absolute Gasteiger partial charge is 0.0988 e. The zero-order valence-electron chi connectivity index (χ0n) is 11.1. The Bertz CT molecular complexity index is 282. The SMILES string of the molecule is C=CC(=C)C1CC1C(C)CC(C)=CCCC. The van der Waals surface area contributed by atoms with E-state index < -0.39 is 0 Å². The van der Waals surface area contributed by atoms with Crippen LogP contribution >= 0.6 is 0 Å². The number of hydrogen-bond acceptors (Lipinski definition) is 0. The van der Waals surface area contributed by atoms with Crippen LogP contribution in [0.4, 0.5) is 0 Å². The van der Waals surface area contributed by atoms with Gasteiger partial charge < -0.3 is 0 Å². The second-order valence-corrected chi connectivity index (χ2v) is 5.31. The predicted molar refractivity (Wildman–Crippen MR) is 73.4 cm³/mol. The second kappa shape index (κ2) is 6.08. The lowest BCUT2D eigenvalue weighted by Crippen LogP contribution is -2.00. The fraction of sp³-hybridized carbons (Fsp3) is 0.625. The monoisotopic (exact) mass is 218 g/mol. The molecule has 0 spiro atoms. The van der Waals surface area contributed by atoms with Crippen molar-refractivity contribution in [2.24, 2.45) is 17.8 Å². The lowest BCUT2D eigenvalue weighted by molar-refractivity contribution is 0.485. The summed E-state index contributed by atoms with van der Waals surface area (Å²) in [6, 6.07) is 0. The number of hydrogen-bond donors (Lipinski definition) is 0. The van der Waals surface area contributed by atoms with E-state index in [0.717, 1.165) is 17.8 Å². The van der Waals surface area contributed by atoms with E-state index in [1.807, 2.05) is 6.08 Å². The minimum atomic E-state index is 0.728. The molecule has 3 unspecified atom stereocenters. The van der Waals surface area contributed by atoms with Crippen molar-refractivity contribution in [3.05, 3.63) is 36.5 Å². The Kier molecular flexibility index (Phi) is 5.05. The molecule has 0 heterocycles. The molecule has 0 heteroatoms. The Morgan fingerprint density at radius 1 is 1.50 bits per heavy atom. The first kappa shape index (κ1) is 13.3. The smallest absolute Gasteiger partial charge is 0.0134 e. The maximum absolute atomic E-state index is 4.06. The molecule has 0 bridgehead atoms. The van der Waals surface area contributed by atoms with Crippen molar-refractivity contribution in [3.8, 4) is 0 Å². The van der Waals surface area contributed by atoms with Crippen molar-refractivity contribution in [2.75, 3.05) is 0 Å². The summed E-state index contributed by atoms with van der Waals surface area (Å²) in [4.78, 5) is 0. The van der Waals surface area contributed by atoms with Gasteiger partial charge in [0.1, 0.15) is 0 Å². The average molecular weight is 218 g/mol. The van der Waals surface area contributed by atoms with Gasteiger partial charge >= 0.3 is 0 Å². The van der Waals surface area contributed by atoms with Gasteiger partial charge in [-0.15, -0.1) is 0 Å². The van der Waals surface area contributed by atoms with E-state index in [1.54, 1.807) is 5.57 Å². The summed E-state index contributed by atoms with van der Waals surface area (Å²) in [5.41, 5.74) is 2.80. The third-order valence-electron chi connectivity index (χ3n) is 3.73. The third kappa shape index (κ3) is 3.66. The van der Waals surface area contributed by atoms with Gasteiger partial charge in [-0.25, -0.2) is 0 Å². The van der Waals surface area contributed by atoms with Crippen LogP contribution in [0.25, 0.3) is 0 Å². The first-order valence-electron chi connectivity index (χ1n) is 6.57. The van der Waals surface area contributed by atoms with E-state index in [2.05, 4.69) is 40.0 Å². The van der Waals surface area contributed by atoms with E-state index in [1.165, 1.54) is 31.3 Å². The van der Waals surface area contributed by atoms with E-state index in [4.69, 9.17) is 0 Å². The van der Waals surface area contributed by atoms with Gasteiger partial charge in [-0.1, -0.05) is 56.7 Å². The van der Waals surface area contributed by atoms with Gasteiger partial charge in [-0.3, -0.25) is 0 Å². The molecule has 0 N–H and O–H groups in total. The highest BCUT2D eigenvalue weighted by molar-refractivity contribution is 5.23. The molecule has 0 aromatic heterocycles. The summed E-state index contributed by atoms with van der Waals surface area (Å²) in [6.07, 6.45) is 9.39. The fourth-order valence-electron chi connectivity index (χ4n) is 2.55. The van der Waals surface area contributed by atoms with Crippen LogP contribution in [0.5, 0.6) is 0 Å². The molecule has 1 rings (SSSR count). The Morgan fingerprint density at radius 3 is 2.75 bits per heavy atom. The molecule has 0 radical (unpaired) electrons. The van der Waals surface area contributed by atoms with E-state index in [-0.39, 0.29) is 0 Å². The van der Waals surface area contributed by atoms with E-state index >= 15 is 0 Å². The van der Waals surface area contributed by atoms with Crippen LogP contribution in [0, 0.1) is 17.8 Å². The highest BCUT2D eigenvalue weighted by atomic mass is 14.5. The molecule has 0 aromatic rings. The standard InChI is InChI=1S/C16H26/c1-6-8-9-12(3)10-14(5)16-11-15(16)13(4)7-2/h7,9,14-16H,2,4,6,8,10-11H2,1,3,5H3. The predicted octanol–water partition coefficient (Wildman–Crippen LogP) is 5.14. The summed E-state index contributed by atoms with van der Waals surface area (Å²) in [6.45, 7) is 14.8. The fourth-order valence-corrected chi connectivity index (χ4v) is 2.55. The highest BCUT2D eigenvalue weighted by Gasteiger charge is 2.41. The Balaban J connectivity index is 2.35. The summed E-state index contributed by atoms with van der Waals surface area (Å²) >= 11 is 0. The molecule has 0 nitrogen and oxygen atoms in total. The molecule has 1 fully saturated rings. The molecule has 3 atom stereocenters. The van der Waals surface area contributed by atoms with Gasteiger partial charge in [0.05, 0.1) is 0 Å². The lowest BCUT2D eigenvalue weighted by atomic mass is 9.94. The van der Waals surface area contributed by atoms with Crippen LogP contribution in [0.15, 0.2) is 36.5 Å². The minimum Gasteiger partial charge on any atom is -0.0988 e. The van der Waals surface area contributed by atoms with Crippen molar-refractivity contribution < 1.29 is 0 Å². The molecule has 1 aliphatic rings. The van der Waals surface area contributed by atoms with Crippen LogP contribution in [0.3, 0.4) is 0 Å². The Labute approximate surface area is 101 Å². The van der Waals surface area contributed by atoms with Gasteiger partial charge in [-0.2, -0.15) is 0 Å². The van der Waals surface area contributed by atoms with Gasteiger partial charge in [0.25, 0.3) is 0 Å². The van der Waals surface area contributed by atoms with Gasteiger partial charge in [-0.05, 0) is 43.9 Å². The molecule has 16 heavy (non-hydrogen) atoms. The van der Waals surface area contributed by atoms with E-state index in [9.17, 15) is 0 Å². The van der Waals surface area contributed by atoms with Gasteiger partial charge in [0, 0.05) is 0 Å². The van der Waals surface area contributed by atoms with Gasteiger partial charge in [0.2, 0.25) is 0 Å². The first-order chi connectivity index (χ1) is 7.60. The molecular weight excluding hydrogens is 192 g/mol. The Morgan fingerprint density at radius 2 is 2.19 bits per heavy atom. The number of rotatable bonds is 7. The molecule has 1 aliphatic carbocycles. The van der Waals surface area contributed by atoms with Crippen molar-refractivity contribution >= 4 is 0 Å². The van der Waals surface area contributed by atoms with E-state index in [0.29, 0.717) is 0 Å². The molecule has 0 amide bonds. The summed E-state index contributed by atoms with van der Waals surface area (Å²) < 4.78 is 0. The molecule has 90 valence electrons. The topological polar surface area (TPSA) is 0 Å². The lowest BCUT2D eigenvalue weighted by Gasteiger charge is -2.11. The minimum absolute atomic E-state index is 0.728. The first-order valence-corrected chi connectivity index (χ1v) is 6.57. The zero-order valence-corrected chi connectivity index (χ0v) is 11.1. The summed E-state index contributed by atoms with van der Waals surface area (Å²) in [7, 11) is 0. The number of unbranched alkanes of at least 4 members (excludes halogenated alkanes) is 1. The number of allylic oxidation sites excluding steroid dienone is 4. The van der Waals surface area contributed by atoms with Crippen LogP contribution < -0.4 is 0 Å². The molecular formula is C16H26. The summed E-state index contributed by atoms with van der Waals surface area (Å²) in [5.74, 6) is 2.39. The van der Waals surface area contributed by atoms with Crippen molar-refractivity contribution in [1.82, 2.24) is 0 Å². The van der Waals surface area contributed by atoms with Crippen LogP contribution in [-0.2, 0) is 0 Å². The normalized spacial score (nSPS) is 26.3. The van der Waals surface area contributed by atoms with Crippen molar-refractivity contribution in [2.45, 2.75) is 46.5 Å². The summed E-state index contributed by atoms with van der Waals surface area (Å²) in [5, 5.41) is 0. The Hall–Kier alpha value is -0.780. The zero-order chi connectivity index (χ0) is 12.1. The second-order valence-electron chi connectivity index (χ2n) is 5.31. The molecule has 1 saturated carbocycles. The third-order valence-corrected chi connectivity index (χ3v) is 3.73. The van der Waals surface area contributed by atoms with Gasteiger partial charge in [0.15, 0.2) is 0 Å². The quantitative estimate of drug-likeness (QED) is 0.410. The van der Waals surface area contributed by atoms with Crippen LogP contribution in [0.2, 0.25) is 0 Å². The van der Waals surface area contributed by atoms with Crippen LogP contribution in [0.1, 0.15) is 46.5 Å². The molecule has 0 aliphatic heterocycles. The average Bonchev–Trinajstić information content (AvgIpc) is 3.05. The van der Waals surface area contributed by atoms with Crippen molar-refractivity contribution in [3.63, 3.8) is 0 Å². The van der Waals surface area contributed by atoms with Crippen molar-refractivity contribution in [1.29, 1.82) is 0 Å².